The number of aromatic nitrogens is 2. The van der Waals surface area contributed by atoms with Gasteiger partial charge in [-0.1, -0.05) is 17.7 Å². The molecular formula is C14H17N3O. The van der Waals surface area contributed by atoms with Gasteiger partial charge in [-0.05, 0) is 31.9 Å². The van der Waals surface area contributed by atoms with Gasteiger partial charge in [0.25, 0.3) is 0 Å². The number of nitrogens with one attached hydrogen (secondary N) is 2. The first-order valence-electron chi connectivity index (χ1n) is 6.28. The van der Waals surface area contributed by atoms with E-state index in [4.69, 9.17) is 0 Å². The normalized spacial score (nSPS) is 22.6. The van der Waals surface area contributed by atoms with Crippen LogP contribution in [0.15, 0.2) is 30.3 Å². The Kier molecular flexibility index (Phi) is 2.80. The number of anilines is 2. The quantitative estimate of drug-likeness (QED) is 0.776. The lowest BCUT2D eigenvalue weighted by Gasteiger charge is -2.29. The molecule has 1 aliphatic rings. The first-order valence-corrected chi connectivity index (χ1v) is 6.28. The van der Waals surface area contributed by atoms with E-state index in [2.05, 4.69) is 34.6 Å². The molecule has 0 amide bonds. The smallest absolute Gasteiger partial charge is 0.152 e. The maximum Gasteiger partial charge on any atom is 0.152 e. The van der Waals surface area contributed by atoms with Gasteiger partial charge in [0.1, 0.15) is 0 Å². The van der Waals surface area contributed by atoms with Crippen LogP contribution < -0.4 is 5.32 Å². The number of benzene rings is 1. The van der Waals surface area contributed by atoms with Gasteiger partial charge in [-0.25, -0.2) is 0 Å². The van der Waals surface area contributed by atoms with Crippen LogP contribution in [0.1, 0.15) is 30.0 Å². The number of hydrogen-bond donors (Lipinski definition) is 3. The molecule has 4 nitrogen and oxygen atoms in total. The highest BCUT2D eigenvalue weighted by atomic mass is 16.3. The molecule has 0 atom stereocenters. The van der Waals surface area contributed by atoms with Gasteiger partial charge < -0.3 is 10.4 Å². The molecule has 0 radical (unpaired) electrons. The monoisotopic (exact) mass is 243 g/mol. The summed E-state index contributed by atoms with van der Waals surface area (Å²) >= 11 is 0. The number of nitrogens with zero attached hydrogens (tertiary/aromatic N) is 1. The highest BCUT2D eigenvalue weighted by molar-refractivity contribution is 5.56. The lowest BCUT2D eigenvalue weighted by Crippen LogP contribution is -2.26. The molecule has 0 saturated heterocycles. The SMILES string of the molecule is Cc1ccc(Nc2cc(C3CC(O)C3)[nH]n2)cc1. The van der Waals surface area contributed by atoms with Crippen molar-refractivity contribution in [2.45, 2.75) is 31.8 Å². The van der Waals surface area contributed by atoms with Crippen molar-refractivity contribution in [1.82, 2.24) is 10.2 Å². The zero-order valence-corrected chi connectivity index (χ0v) is 10.4. The zero-order chi connectivity index (χ0) is 12.5. The molecule has 1 aromatic carbocycles. The van der Waals surface area contributed by atoms with Gasteiger partial charge in [-0.2, -0.15) is 5.10 Å². The Bertz CT molecular complexity index is 526. The van der Waals surface area contributed by atoms with Crippen LogP contribution in [-0.2, 0) is 0 Å². The van der Waals surface area contributed by atoms with Crippen molar-refractivity contribution in [3.05, 3.63) is 41.6 Å². The predicted molar refractivity (Wildman–Crippen MR) is 71.0 cm³/mol. The molecule has 3 rings (SSSR count). The number of H-pyrrole nitrogens is 1. The third kappa shape index (κ3) is 2.24. The molecule has 1 fully saturated rings. The number of aromatic amines is 1. The summed E-state index contributed by atoms with van der Waals surface area (Å²) in [7, 11) is 0. The average Bonchev–Trinajstić information content (AvgIpc) is 2.76. The third-order valence-corrected chi connectivity index (χ3v) is 3.47. The van der Waals surface area contributed by atoms with Crippen molar-refractivity contribution >= 4 is 11.5 Å². The minimum absolute atomic E-state index is 0.133. The second-order valence-corrected chi connectivity index (χ2v) is 5.02. The fraction of sp³-hybridized carbons (Fsp3) is 0.357. The Labute approximate surface area is 106 Å². The van der Waals surface area contributed by atoms with Gasteiger partial charge in [0.15, 0.2) is 5.82 Å². The molecule has 1 aromatic heterocycles. The lowest BCUT2D eigenvalue weighted by atomic mass is 9.80. The second kappa shape index (κ2) is 4.46. The molecule has 4 heteroatoms. The predicted octanol–water partition coefficient (Wildman–Crippen LogP) is 2.70. The molecule has 0 aliphatic heterocycles. The molecular weight excluding hydrogens is 226 g/mol. The topological polar surface area (TPSA) is 60.9 Å². The number of aliphatic hydroxyl groups excluding tert-OH is 1. The van der Waals surface area contributed by atoms with Crippen LogP contribution in [0.4, 0.5) is 11.5 Å². The van der Waals surface area contributed by atoms with Gasteiger partial charge in [-0.3, -0.25) is 5.10 Å². The molecule has 2 aromatic rings. The Morgan fingerprint density at radius 2 is 2.00 bits per heavy atom. The van der Waals surface area contributed by atoms with Crippen LogP contribution >= 0.6 is 0 Å². The van der Waals surface area contributed by atoms with Crippen molar-refractivity contribution in [3.63, 3.8) is 0 Å². The molecule has 1 aliphatic carbocycles. The van der Waals surface area contributed by atoms with Crippen molar-refractivity contribution in [2.75, 3.05) is 5.32 Å². The fourth-order valence-electron chi connectivity index (χ4n) is 2.24. The standard InChI is InChI=1S/C14H17N3O/c1-9-2-4-11(5-3-9)15-14-8-13(16-17-14)10-6-12(18)7-10/h2-5,8,10,12,18H,6-7H2,1H3,(H2,15,16,17). The molecule has 0 unspecified atom stereocenters. The Hall–Kier alpha value is -1.81. The summed E-state index contributed by atoms with van der Waals surface area (Å²) in [6.45, 7) is 2.07. The zero-order valence-electron chi connectivity index (χ0n) is 10.4. The molecule has 18 heavy (non-hydrogen) atoms. The number of hydrogen-bond acceptors (Lipinski definition) is 3. The summed E-state index contributed by atoms with van der Waals surface area (Å²) in [4.78, 5) is 0. The molecule has 0 spiro atoms. The highest BCUT2D eigenvalue weighted by Crippen LogP contribution is 2.36. The first kappa shape index (κ1) is 11.3. The third-order valence-electron chi connectivity index (χ3n) is 3.47. The van der Waals surface area contributed by atoms with Crippen molar-refractivity contribution in [2.24, 2.45) is 0 Å². The number of rotatable bonds is 3. The van der Waals surface area contributed by atoms with Gasteiger partial charge in [0.05, 0.1) is 6.10 Å². The van der Waals surface area contributed by atoms with E-state index in [1.807, 2.05) is 18.2 Å². The Morgan fingerprint density at radius 3 is 2.67 bits per heavy atom. The molecule has 94 valence electrons. The van der Waals surface area contributed by atoms with Crippen molar-refractivity contribution in [3.8, 4) is 0 Å². The van der Waals surface area contributed by atoms with Gasteiger partial charge in [0.2, 0.25) is 0 Å². The highest BCUT2D eigenvalue weighted by Gasteiger charge is 2.29. The number of aliphatic hydroxyl groups is 1. The average molecular weight is 243 g/mol. The van der Waals surface area contributed by atoms with Crippen LogP contribution in [-0.4, -0.2) is 21.4 Å². The Morgan fingerprint density at radius 1 is 1.28 bits per heavy atom. The summed E-state index contributed by atoms with van der Waals surface area (Å²) < 4.78 is 0. The van der Waals surface area contributed by atoms with Gasteiger partial charge in [-0.15, -0.1) is 0 Å². The van der Waals surface area contributed by atoms with Gasteiger partial charge >= 0.3 is 0 Å². The largest absolute Gasteiger partial charge is 0.393 e. The molecule has 1 heterocycles. The van der Waals surface area contributed by atoms with Crippen LogP contribution in [0.2, 0.25) is 0 Å². The summed E-state index contributed by atoms with van der Waals surface area (Å²) in [5, 5.41) is 19.8. The molecule has 1 saturated carbocycles. The van der Waals surface area contributed by atoms with Gasteiger partial charge in [0, 0.05) is 23.4 Å². The van der Waals surface area contributed by atoms with E-state index in [1.165, 1.54) is 5.56 Å². The van der Waals surface area contributed by atoms with Crippen LogP contribution in [0.3, 0.4) is 0 Å². The molecule has 3 N–H and O–H groups in total. The summed E-state index contributed by atoms with van der Waals surface area (Å²) in [5.41, 5.74) is 3.38. The van der Waals surface area contributed by atoms with E-state index in [-0.39, 0.29) is 6.10 Å². The van der Waals surface area contributed by atoms with Crippen LogP contribution in [0.25, 0.3) is 0 Å². The second-order valence-electron chi connectivity index (χ2n) is 5.02. The minimum atomic E-state index is -0.133. The number of aryl methyl sites for hydroxylation is 1. The first-order chi connectivity index (χ1) is 8.70. The minimum Gasteiger partial charge on any atom is -0.393 e. The lowest BCUT2D eigenvalue weighted by molar-refractivity contribution is 0.0732. The van der Waals surface area contributed by atoms with E-state index < -0.39 is 0 Å². The van der Waals surface area contributed by atoms with Crippen molar-refractivity contribution in [1.29, 1.82) is 0 Å². The van der Waals surface area contributed by atoms with E-state index in [1.54, 1.807) is 0 Å². The van der Waals surface area contributed by atoms with Crippen LogP contribution in [0.5, 0.6) is 0 Å². The maximum atomic E-state index is 9.30. The van der Waals surface area contributed by atoms with Crippen molar-refractivity contribution < 1.29 is 5.11 Å². The maximum absolute atomic E-state index is 9.30. The fourth-order valence-corrected chi connectivity index (χ4v) is 2.24. The van der Waals surface area contributed by atoms with E-state index >= 15 is 0 Å². The van der Waals surface area contributed by atoms with Crippen LogP contribution in [0, 0.1) is 6.92 Å². The summed E-state index contributed by atoms with van der Waals surface area (Å²) in [6.07, 6.45) is 1.55. The van der Waals surface area contributed by atoms with E-state index in [9.17, 15) is 5.11 Å². The Balaban J connectivity index is 1.68. The van der Waals surface area contributed by atoms with E-state index in [0.717, 1.165) is 30.0 Å². The summed E-state index contributed by atoms with van der Waals surface area (Å²) in [6, 6.07) is 10.2. The van der Waals surface area contributed by atoms with E-state index in [0.29, 0.717) is 5.92 Å². The summed E-state index contributed by atoms with van der Waals surface area (Å²) in [5.74, 6) is 1.26. The molecule has 0 bridgehead atoms.